The monoisotopic (exact) mass is 294 g/mol. The van der Waals surface area contributed by atoms with Gasteiger partial charge >= 0.3 is 0 Å². The highest BCUT2D eigenvalue weighted by atomic mass is 19.2. The summed E-state index contributed by atoms with van der Waals surface area (Å²) in [5.41, 5.74) is 3.12. The third kappa shape index (κ3) is 3.22. The van der Waals surface area contributed by atoms with Gasteiger partial charge in [0.05, 0.1) is 0 Å². The van der Waals surface area contributed by atoms with Crippen LogP contribution in [0, 0.1) is 11.6 Å². The first-order valence-corrected chi connectivity index (χ1v) is 7.28. The van der Waals surface area contributed by atoms with E-state index in [4.69, 9.17) is 0 Å². The molecule has 0 bridgehead atoms. The summed E-state index contributed by atoms with van der Waals surface area (Å²) >= 11 is 0. The maximum Gasteiger partial charge on any atom is 0.159 e. The fourth-order valence-corrected chi connectivity index (χ4v) is 2.70. The molecule has 0 N–H and O–H groups in total. The van der Waals surface area contributed by atoms with Gasteiger partial charge in [-0.1, -0.05) is 66.7 Å². The van der Waals surface area contributed by atoms with Crippen molar-refractivity contribution in [3.05, 3.63) is 107 Å². The van der Waals surface area contributed by atoms with E-state index < -0.39 is 11.6 Å². The van der Waals surface area contributed by atoms with E-state index in [2.05, 4.69) is 24.3 Å². The lowest BCUT2D eigenvalue weighted by Crippen LogP contribution is -2.05. The summed E-state index contributed by atoms with van der Waals surface area (Å²) in [6, 6.07) is 24.3. The minimum Gasteiger partial charge on any atom is -0.204 e. The summed E-state index contributed by atoms with van der Waals surface area (Å²) in [6.45, 7) is 0. The maximum atomic E-state index is 13.5. The van der Waals surface area contributed by atoms with E-state index in [1.54, 1.807) is 6.07 Å². The molecule has 0 aliphatic heterocycles. The van der Waals surface area contributed by atoms with Gasteiger partial charge in [0.25, 0.3) is 0 Å². The topological polar surface area (TPSA) is 0 Å². The van der Waals surface area contributed by atoms with Crippen molar-refractivity contribution in [2.45, 2.75) is 12.3 Å². The number of rotatable bonds is 4. The van der Waals surface area contributed by atoms with Gasteiger partial charge in [-0.05, 0) is 35.2 Å². The molecular weight excluding hydrogens is 278 g/mol. The summed E-state index contributed by atoms with van der Waals surface area (Å²) in [7, 11) is 0. The molecule has 2 heteroatoms. The molecule has 0 aromatic heterocycles. The molecular formula is C20H16F2. The Balaban J connectivity index is 1.97. The van der Waals surface area contributed by atoms with Gasteiger partial charge in [0.15, 0.2) is 11.6 Å². The lowest BCUT2D eigenvalue weighted by atomic mass is 9.86. The Labute approximate surface area is 129 Å². The van der Waals surface area contributed by atoms with Crippen molar-refractivity contribution >= 4 is 0 Å². The second kappa shape index (κ2) is 6.52. The number of benzene rings is 3. The van der Waals surface area contributed by atoms with Crippen molar-refractivity contribution in [2.24, 2.45) is 0 Å². The van der Waals surface area contributed by atoms with Crippen LogP contribution in [0.25, 0.3) is 0 Å². The van der Waals surface area contributed by atoms with E-state index in [-0.39, 0.29) is 5.92 Å². The lowest BCUT2D eigenvalue weighted by Gasteiger charge is -2.18. The minimum atomic E-state index is -0.806. The van der Waals surface area contributed by atoms with Crippen molar-refractivity contribution < 1.29 is 8.78 Å². The van der Waals surface area contributed by atoms with Crippen LogP contribution in [0.2, 0.25) is 0 Å². The van der Waals surface area contributed by atoms with E-state index in [1.807, 2.05) is 36.4 Å². The molecule has 0 radical (unpaired) electrons. The van der Waals surface area contributed by atoms with Gasteiger partial charge in [-0.2, -0.15) is 0 Å². The zero-order valence-electron chi connectivity index (χ0n) is 12.0. The van der Waals surface area contributed by atoms with Crippen molar-refractivity contribution in [1.82, 2.24) is 0 Å². The van der Waals surface area contributed by atoms with Gasteiger partial charge in [-0.15, -0.1) is 0 Å². The lowest BCUT2D eigenvalue weighted by molar-refractivity contribution is 0.506. The summed E-state index contributed by atoms with van der Waals surface area (Å²) in [4.78, 5) is 0. The largest absolute Gasteiger partial charge is 0.204 e. The molecule has 3 aromatic rings. The third-order valence-electron chi connectivity index (χ3n) is 3.83. The standard InChI is InChI=1S/C20H16F2/c21-19-12-11-15(14-20(19)22)13-18(16-7-3-1-4-8-16)17-9-5-2-6-10-17/h1-12,14,18H,13H2. The maximum absolute atomic E-state index is 13.5. The number of hydrogen-bond donors (Lipinski definition) is 0. The highest BCUT2D eigenvalue weighted by Gasteiger charge is 2.15. The van der Waals surface area contributed by atoms with Crippen molar-refractivity contribution in [1.29, 1.82) is 0 Å². The molecule has 0 saturated heterocycles. The molecule has 0 aliphatic rings. The molecule has 0 unspecified atom stereocenters. The Bertz CT molecular complexity index is 697. The number of hydrogen-bond acceptors (Lipinski definition) is 0. The van der Waals surface area contributed by atoms with Crippen LogP contribution in [0.1, 0.15) is 22.6 Å². The second-order valence-electron chi connectivity index (χ2n) is 5.33. The van der Waals surface area contributed by atoms with Crippen LogP contribution in [0.5, 0.6) is 0 Å². The van der Waals surface area contributed by atoms with Crippen molar-refractivity contribution in [2.75, 3.05) is 0 Å². The van der Waals surface area contributed by atoms with Crippen LogP contribution >= 0.6 is 0 Å². The Kier molecular flexibility index (Phi) is 4.29. The zero-order valence-corrected chi connectivity index (χ0v) is 12.0. The average Bonchev–Trinajstić information content (AvgIpc) is 2.57. The van der Waals surface area contributed by atoms with Gasteiger partial charge < -0.3 is 0 Å². The van der Waals surface area contributed by atoms with Crippen molar-refractivity contribution in [3.8, 4) is 0 Å². The van der Waals surface area contributed by atoms with Crippen LogP contribution in [0.3, 0.4) is 0 Å². The van der Waals surface area contributed by atoms with E-state index in [9.17, 15) is 8.78 Å². The molecule has 0 atom stereocenters. The normalized spacial score (nSPS) is 10.9. The zero-order chi connectivity index (χ0) is 15.4. The number of halogens is 2. The summed E-state index contributed by atoms with van der Waals surface area (Å²) in [5, 5.41) is 0. The molecule has 0 spiro atoms. The highest BCUT2D eigenvalue weighted by molar-refractivity contribution is 5.35. The Morgan fingerprint density at radius 1 is 0.636 bits per heavy atom. The first-order valence-electron chi connectivity index (χ1n) is 7.28. The van der Waals surface area contributed by atoms with Gasteiger partial charge in [0.1, 0.15) is 0 Å². The van der Waals surface area contributed by atoms with E-state index in [0.717, 1.165) is 5.56 Å². The highest BCUT2D eigenvalue weighted by Crippen LogP contribution is 2.28. The molecule has 0 nitrogen and oxygen atoms in total. The molecule has 0 fully saturated rings. The van der Waals surface area contributed by atoms with Gasteiger partial charge in [0.2, 0.25) is 0 Å². The van der Waals surface area contributed by atoms with Crippen molar-refractivity contribution in [3.63, 3.8) is 0 Å². The SMILES string of the molecule is Fc1ccc(CC(c2ccccc2)c2ccccc2)cc1F. The predicted molar refractivity (Wildman–Crippen MR) is 84.8 cm³/mol. The Morgan fingerprint density at radius 3 is 1.68 bits per heavy atom. The molecule has 3 rings (SSSR count). The first-order chi connectivity index (χ1) is 10.7. The summed E-state index contributed by atoms with van der Waals surface area (Å²) < 4.78 is 26.6. The minimum absolute atomic E-state index is 0.118. The quantitative estimate of drug-likeness (QED) is 0.609. The fourth-order valence-electron chi connectivity index (χ4n) is 2.70. The molecule has 0 aliphatic carbocycles. The van der Waals surface area contributed by atoms with Crippen LogP contribution in [-0.2, 0) is 6.42 Å². The molecule has 3 aromatic carbocycles. The van der Waals surface area contributed by atoms with Gasteiger partial charge in [-0.3, -0.25) is 0 Å². The Morgan fingerprint density at radius 2 is 1.18 bits per heavy atom. The van der Waals surface area contributed by atoms with Crippen LogP contribution in [-0.4, -0.2) is 0 Å². The van der Waals surface area contributed by atoms with Crippen LogP contribution in [0.15, 0.2) is 78.9 Å². The van der Waals surface area contributed by atoms with Gasteiger partial charge in [0, 0.05) is 5.92 Å². The molecule has 0 saturated carbocycles. The summed E-state index contributed by atoms with van der Waals surface area (Å²) in [6.07, 6.45) is 0.630. The molecule has 0 amide bonds. The molecule has 22 heavy (non-hydrogen) atoms. The second-order valence-corrected chi connectivity index (χ2v) is 5.33. The van der Waals surface area contributed by atoms with Crippen LogP contribution in [0.4, 0.5) is 8.78 Å². The van der Waals surface area contributed by atoms with E-state index in [1.165, 1.54) is 23.3 Å². The first kappa shape index (κ1) is 14.5. The average molecular weight is 294 g/mol. The molecule has 110 valence electrons. The summed E-state index contributed by atoms with van der Waals surface area (Å²) in [5.74, 6) is -1.48. The fraction of sp³-hybridized carbons (Fsp3) is 0.100. The Hall–Kier alpha value is -2.48. The third-order valence-corrected chi connectivity index (χ3v) is 3.83. The smallest absolute Gasteiger partial charge is 0.159 e. The van der Waals surface area contributed by atoms with E-state index in [0.29, 0.717) is 6.42 Å². The molecule has 0 heterocycles. The van der Waals surface area contributed by atoms with E-state index >= 15 is 0 Å². The van der Waals surface area contributed by atoms with Gasteiger partial charge in [-0.25, -0.2) is 8.78 Å². The predicted octanol–water partition coefficient (Wildman–Crippen LogP) is 5.34. The van der Waals surface area contributed by atoms with Crippen LogP contribution < -0.4 is 0 Å².